The molecule has 0 amide bonds. The van der Waals surface area contributed by atoms with Gasteiger partial charge < -0.3 is 20.1 Å². The molecule has 1 aliphatic carbocycles. The van der Waals surface area contributed by atoms with Gasteiger partial charge in [0, 0.05) is 25.6 Å². The van der Waals surface area contributed by atoms with Crippen LogP contribution in [0.15, 0.2) is 37.0 Å². The second-order valence-electron chi connectivity index (χ2n) is 7.49. The predicted octanol–water partition coefficient (Wildman–Crippen LogP) is 4.16. The molecule has 4 atom stereocenters. The van der Waals surface area contributed by atoms with Crippen LogP contribution in [0.25, 0.3) is 0 Å². The van der Waals surface area contributed by atoms with Gasteiger partial charge in [0.2, 0.25) is 0 Å². The number of hydrogen-bond donors (Lipinski definition) is 3. The zero-order valence-corrected chi connectivity index (χ0v) is 16.8. The minimum absolute atomic E-state index is 0.0522. The molecule has 0 heterocycles. The van der Waals surface area contributed by atoms with E-state index in [1.54, 1.807) is 6.08 Å². The third-order valence-electron chi connectivity index (χ3n) is 5.31. The van der Waals surface area contributed by atoms with Gasteiger partial charge in [-0.05, 0) is 50.9 Å². The Labute approximate surface area is 165 Å². The average Bonchev–Trinajstić information content (AvgIpc) is 2.97. The van der Waals surface area contributed by atoms with Crippen LogP contribution in [-0.4, -0.2) is 47.3 Å². The average molecular weight is 381 g/mol. The van der Waals surface area contributed by atoms with Gasteiger partial charge in [0.05, 0.1) is 18.8 Å². The molecule has 0 radical (unpaired) electrons. The molecular weight excluding hydrogens is 340 g/mol. The molecule has 1 aliphatic rings. The second-order valence-corrected chi connectivity index (χ2v) is 7.49. The van der Waals surface area contributed by atoms with Crippen LogP contribution >= 0.6 is 0 Å². The highest BCUT2D eigenvalue weighted by molar-refractivity contribution is 5.05. The Morgan fingerprint density at radius 3 is 2.30 bits per heavy atom. The Hall–Kier alpha value is -0.940. The number of hydrogen-bond acceptors (Lipinski definition) is 4. The predicted molar refractivity (Wildman–Crippen MR) is 112 cm³/mol. The van der Waals surface area contributed by atoms with Gasteiger partial charge in [0.1, 0.15) is 0 Å². The molecule has 1 fully saturated rings. The maximum Gasteiger partial charge on any atom is 0.0670 e. The monoisotopic (exact) mass is 380 g/mol. The summed E-state index contributed by atoms with van der Waals surface area (Å²) in [5.41, 5.74) is 0. The van der Waals surface area contributed by atoms with Crippen LogP contribution in [0.3, 0.4) is 0 Å². The largest absolute Gasteiger partial charge is 0.396 e. The lowest BCUT2D eigenvalue weighted by Crippen LogP contribution is -2.22. The van der Waals surface area contributed by atoms with Crippen molar-refractivity contribution in [2.75, 3.05) is 19.8 Å². The molecule has 4 heteroatoms. The van der Waals surface area contributed by atoms with Crippen molar-refractivity contribution in [3.05, 3.63) is 37.0 Å². The summed E-state index contributed by atoms with van der Waals surface area (Å²) in [5.74, 6) is 0.430. The maximum absolute atomic E-state index is 10.5. The lowest BCUT2D eigenvalue weighted by atomic mass is 9.89. The first-order valence-electron chi connectivity index (χ1n) is 10.7. The van der Waals surface area contributed by atoms with Gasteiger partial charge in [-0.3, -0.25) is 0 Å². The molecule has 0 aromatic heterocycles. The third kappa shape index (κ3) is 10.2. The summed E-state index contributed by atoms with van der Waals surface area (Å²) in [6, 6.07) is 0. The zero-order valence-electron chi connectivity index (χ0n) is 16.8. The van der Waals surface area contributed by atoms with Crippen LogP contribution in [0, 0.1) is 11.8 Å². The molecule has 0 aromatic carbocycles. The van der Waals surface area contributed by atoms with Gasteiger partial charge in [-0.1, -0.05) is 43.2 Å². The fraction of sp³-hybridized carbons (Fsp3) is 0.739. The van der Waals surface area contributed by atoms with E-state index >= 15 is 0 Å². The van der Waals surface area contributed by atoms with E-state index in [1.807, 2.05) is 0 Å². The Morgan fingerprint density at radius 1 is 0.889 bits per heavy atom. The van der Waals surface area contributed by atoms with Crippen LogP contribution in [0.1, 0.15) is 64.2 Å². The summed E-state index contributed by atoms with van der Waals surface area (Å²) in [7, 11) is 0. The van der Waals surface area contributed by atoms with Crippen molar-refractivity contribution in [1.29, 1.82) is 0 Å². The van der Waals surface area contributed by atoms with Crippen LogP contribution in [-0.2, 0) is 4.74 Å². The fourth-order valence-electron chi connectivity index (χ4n) is 3.78. The standard InChI is InChI=1S/C23H40O4/c1-2-18-27-23-19-22(26)20(14-10-7-5-9-13-17-25)21(23)15-11-6-3-4-8-12-16-24/h2,7,10-11,15,20-26H,1,3-6,8-9,12-14,16-19H2/t20?,21-,22+,23-/m0/s1. The first kappa shape index (κ1) is 24.1. The van der Waals surface area contributed by atoms with Crippen molar-refractivity contribution in [2.45, 2.75) is 76.4 Å². The zero-order chi connectivity index (χ0) is 19.7. The summed E-state index contributed by atoms with van der Waals surface area (Å²) < 4.78 is 5.93. The van der Waals surface area contributed by atoms with Gasteiger partial charge in [-0.25, -0.2) is 0 Å². The lowest BCUT2D eigenvalue weighted by Gasteiger charge is -2.21. The Morgan fingerprint density at radius 2 is 1.56 bits per heavy atom. The van der Waals surface area contributed by atoms with Crippen molar-refractivity contribution in [2.24, 2.45) is 11.8 Å². The van der Waals surface area contributed by atoms with E-state index in [2.05, 4.69) is 30.9 Å². The van der Waals surface area contributed by atoms with E-state index in [0.29, 0.717) is 13.0 Å². The molecule has 3 N–H and O–H groups in total. The maximum atomic E-state index is 10.5. The minimum Gasteiger partial charge on any atom is -0.396 e. The summed E-state index contributed by atoms with van der Waals surface area (Å²) in [6.45, 7) is 4.79. The van der Waals surface area contributed by atoms with Crippen LogP contribution < -0.4 is 0 Å². The molecule has 27 heavy (non-hydrogen) atoms. The van der Waals surface area contributed by atoms with E-state index in [4.69, 9.17) is 14.9 Å². The normalized spacial score (nSPS) is 25.7. The third-order valence-corrected chi connectivity index (χ3v) is 5.31. The number of ether oxygens (including phenoxy) is 1. The van der Waals surface area contributed by atoms with Gasteiger partial charge in [-0.2, -0.15) is 0 Å². The SMILES string of the molecule is C=CCO[C@H]1C[C@@H](O)C(CC=CCCCCO)[C@@H]1C=CCCCCCCO. The Bertz CT molecular complexity index is 419. The minimum atomic E-state index is -0.332. The van der Waals surface area contributed by atoms with Crippen LogP contribution in [0.5, 0.6) is 0 Å². The van der Waals surface area contributed by atoms with Crippen molar-refractivity contribution < 1.29 is 20.1 Å². The van der Waals surface area contributed by atoms with Crippen molar-refractivity contribution in [3.63, 3.8) is 0 Å². The van der Waals surface area contributed by atoms with E-state index in [-0.39, 0.29) is 37.3 Å². The first-order valence-corrected chi connectivity index (χ1v) is 10.7. The van der Waals surface area contributed by atoms with Gasteiger partial charge in [0.15, 0.2) is 0 Å². The highest BCUT2D eigenvalue weighted by Gasteiger charge is 2.40. The van der Waals surface area contributed by atoms with E-state index < -0.39 is 0 Å². The number of aliphatic hydroxyl groups excluding tert-OH is 3. The topological polar surface area (TPSA) is 69.9 Å². The summed E-state index contributed by atoms with van der Waals surface area (Å²) in [5, 5.41) is 28.2. The molecule has 156 valence electrons. The van der Waals surface area contributed by atoms with Crippen LogP contribution in [0.2, 0.25) is 0 Å². The van der Waals surface area contributed by atoms with Crippen molar-refractivity contribution >= 4 is 0 Å². The quantitative estimate of drug-likeness (QED) is 0.278. The molecule has 1 saturated carbocycles. The summed E-state index contributed by atoms with van der Waals surface area (Å²) in [6.07, 6.45) is 20.0. The number of allylic oxidation sites excluding steroid dienone is 3. The first-order chi connectivity index (χ1) is 13.2. The van der Waals surface area contributed by atoms with Crippen LogP contribution in [0.4, 0.5) is 0 Å². The van der Waals surface area contributed by atoms with E-state index in [9.17, 15) is 5.11 Å². The molecule has 0 saturated heterocycles. The van der Waals surface area contributed by atoms with Gasteiger partial charge >= 0.3 is 0 Å². The highest BCUT2D eigenvalue weighted by Crippen LogP contribution is 2.38. The number of rotatable bonds is 16. The van der Waals surface area contributed by atoms with Crippen molar-refractivity contribution in [3.8, 4) is 0 Å². The molecular formula is C23H40O4. The molecule has 0 aliphatic heterocycles. The molecule has 0 spiro atoms. The number of aliphatic hydroxyl groups is 3. The van der Waals surface area contributed by atoms with E-state index in [0.717, 1.165) is 57.8 Å². The van der Waals surface area contributed by atoms with E-state index in [1.165, 1.54) is 0 Å². The summed E-state index contributed by atoms with van der Waals surface area (Å²) in [4.78, 5) is 0. The molecule has 1 unspecified atom stereocenters. The number of unbranched alkanes of at least 4 members (excludes halogenated alkanes) is 6. The molecule has 4 nitrogen and oxygen atoms in total. The Kier molecular flexibility index (Phi) is 14.3. The summed E-state index contributed by atoms with van der Waals surface area (Å²) >= 11 is 0. The molecule has 1 rings (SSSR count). The molecule has 0 aromatic rings. The van der Waals surface area contributed by atoms with Gasteiger partial charge in [-0.15, -0.1) is 6.58 Å². The highest BCUT2D eigenvalue weighted by atomic mass is 16.5. The smallest absolute Gasteiger partial charge is 0.0670 e. The second kappa shape index (κ2) is 16.1. The van der Waals surface area contributed by atoms with Crippen molar-refractivity contribution in [1.82, 2.24) is 0 Å². The van der Waals surface area contributed by atoms with Gasteiger partial charge in [0.25, 0.3) is 0 Å². The molecule has 0 bridgehead atoms. The fourth-order valence-corrected chi connectivity index (χ4v) is 3.78. The Balaban J connectivity index is 2.52. The lowest BCUT2D eigenvalue weighted by molar-refractivity contribution is 0.0502.